The van der Waals surface area contributed by atoms with Gasteiger partial charge in [0.25, 0.3) is 6.71 Å². The lowest BCUT2D eigenvalue weighted by Gasteiger charge is -2.33. The highest BCUT2D eigenvalue weighted by Crippen LogP contribution is 2.51. The molecule has 5 nitrogen and oxygen atoms in total. The van der Waals surface area contributed by atoms with Gasteiger partial charge in [-0.1, -0.05) is 121 Å². The van der Waals surface area contributed by atoms with Crippen molar-refractivity contribution in [2.45, 2.75) is 6.92 Å². The van der Waals surface area contributed by atoms with Crippen LogP contribution in [0.15, 0.2) is 188 Å². The van der Waals surface area contributed by atoms with E-state index in [0.29, 0.717) is 0 Å². The zero-order valence-electron chi connectivity index (χ0n) is 33.1. The number of fused-ring (bicyclic) bond motifs is 16. The number of aryl methyl sites for hydroxylation is 1. The quantitative estimate of drug-likeness (QED) is 0.167. The molecule has 12 aromatic rings. The molecule has 0 N–H and O–H groups in total. The Hall–Kier alpha value is -7.96. The van der Waals surface area contributed by atoms with Crippen molar-refractivity contribution in [3.8, 4) is 40.1 Å². The molecule has 61 heavy (non-hydrogen) atoms. The van der Waals surface area contributed by atoms with Crippen molar-refractivity contribution in [3.63, 3.8) is 0 Å². The van der Waals surface area contributed by atoms with Gasteiger partial charge in [0.2, 0.25) is 0 Å². The van der Waals surface area contributed by atoms with Crippen molar-refractivity contribution in [2.75, 3.05) is 0 Å². The summed E-state index contributed by atoms with van der Waals surface area (Å²) in [5.41, 5.74) is 14.7. The molecule has 0 unspecified atom stereocenters. The van der Waals surface area contributed by atoms with E-state index in [0.717, 1.165) is 73.0 Å². The highest BCUT2D eigenvalue weighted by Gasteiger charge is 2.40. The van der Waals surface area contributed by atoms with Gasteiger partial charge in [-0.3, -0.25) is 0 Å². The molecule has 14 rings (SSSR count). The molecule has 0 spiro atoms. The number of benzene rings is 9. The van der Waals surface area contributed by atoms with Gasteiger partial charge >= 0.3 is 0 Å². The Morgan fingerprint density at radius 3 is 1.31 bits per heavy atom. The van der Waals surface area contributed by atoms with Gasteiger partial charge in [0.1, 0.15) is 23.0 Å². The van der Waals surface area contributed by atoms with E-state index in [1.54, 1.807) is 0 Å². The Kier molecular flexibility index (Phi) is 6.51. The molecule has 3 aromatic heterocycles. The van der Waals surface area contributed by atoms with E-state index in [1.807, 2.05) is 0 Å². The number of hydrogen-bond donors (Lipinski definition) is 0. The van der Waals surface area contributed by atoms with Crippen LogP contribution in [-0.4, -0.2) is 20.4 Å². The van der Waals surface area contributed by atoms with Gasteiger partial charge in [-0.05, 0) is 78.0 Å². The molecule has 6 heteroatoms. The molecule has 284 valence electrons. The van der Waals surface area contributed by atoms with Gasteiger partial charge < -0.3 is 23.2 Å². The Morgan fingerprint density at radius 2 is 0.787 bits per heavy atom. The first kappa shape index (κ1) is 32.9. The summed E-state index contributed by atoms with van der Waals surface area (Å²) in [5, 5.41) is 7.22. The van der Waals surface area contributed by atoms with E-state index in [1.165, 1.54) is 54.4 Å². The SMILES string of the molecule is Cc1cccc(-n2c3ccccc3c3c4c(c5ccccc5n4-c4ccccc4)c4c(c5ccccc5n4-c4cc5c6c(c4)Oc4ccccc4B6c4ccccc4O5)c32)c1. The predicted octanol–water partition coefficient (Wildman–Crippen LogP) is 12.0. The summed E-state index contributed by atoms with van der Waals surface area (Å²) in [6.07, 6.45) is 0. The third-order valence-corrected chi connectivity index (χ3v) is 13.1. The minimum atomic E-state index is -0.00711. The van der Waals surface area contributed by atoms with Crippen LogP contribution in [0.2, 0.25) is 0 Å². The topological polar surface area (TPSA) is 33.2 Å². The van der Waals surface area contributed by atoms with Crippen LogP contribution in [0.3, 0.4) is 0 Å². The van der Waals surface area contributed by atoms with Crippen molar-refractivity contribution in [1.82, 2.24) is 13.7 Å². The van der Waals surface area contributed by atoms with Crippen molar-refractivity contribution in [1.29, 1.82) is 0 Å². The van der Waals surface area contributed by atoms with Gasteiger partial charge in [0.15, 0.2) is 0 Å². The minimum absolute atomic E-state index is 0.00711. The molecule has 0 radical (unpaired) electrons. The highest BCUT2D eigenvalue weighted by molar-refractivity contribution is 6.98. The third kappa shape index (κ3) is 4.35. The first-order valence-electron chi connectivity index (χ1n) is 21.0. The molecule has 0 fully saturated rings. The molecule has 0 atom stereocenters. The average molecular weight is 780 g/mol. The molecule has 2 aliphatic heterocycles. The molecule has 9 aromatic carbocycles. The van der Waals surface area contributed by atoms with Crippen LogP contribution in [0.5, 0.6) is 23.0 Å². The van der Waals surface area contributed by atoms with Gasteiger partial charge in [-0.2, -0.15) is 0 Å². The summed E-state index contributed by atoms with van der Waals surface area (Å²) in [4.78, 5) is 0. The summed E-state index contributed by atoms with van der Waals surface area (Å²) in [7, 11) is 0. The van der Waals surface area contributed by atoms with Gasteiger partial charge in [-0.25, -0.2) is 0 Å². The first-order chi connectivity index (χ1) is 30.2. The fraction of sp³-hybridized carbons (Fsp3) is 0.0182. The number of ether oxygens (including phenoxy) is 2. The monoisotopic (exact) mass is 779 g/mol. The lowest BCUT2D eigenvalue weighted by Crippen LogP contribution is -2.57. The summed E-state index contributed by atoms with van der Waals surface area (Å²) < 4.78 is 21.3. The average Bonchev–Trinajstić information content (AvgIpc) is 3.95. The first-order valence-corrected chi connectivity index (χ1v) is 21.0. The second-order valence-corrected chi connectivity index (χ2v) is 16.5. The Morgan fingerprint density at radius 1 is 0.361 bits per heavy atom. The van der Waals surface area contributed by atoms with Crippen LogP contribution in [-0.2, 0) is 0 Å². The van der Waals surface area contributed by atoms with Crippen LogP contribution < -0.4 is 25.9 Å². The third-order valence-electron chi connectivity index (χ3n) is 13.1. The molecule has 0 amide bonds. The smallest absolute Gasteiger partial charge is 0.260 e. The largest absolute Gasteiger partial charge is 0.458 e. The normalized spacial score (nSPS) is 12.9. The lowest BCUT2D eigenvalue weighted by molar-refractivity contribution is 0.464. The molecule has 5 heterocycles. The molecule has 0 saturated carbocycles. The Balaban J connectivity index is 1.22. The molecular formula is C55H34BN3O2. The number of hydrogen-bond acceptors (Lipinski definition) is 2. The van der Waals surface area contributed by atoms with Gasteiger partial charge in [0.05, 0.1) is 38.8 Å². The number of nitrogens with zero attached hydrogens (tertiary/aromatic N) is 3. The highest BCUT2D eigenvalue weighted by atomic mass is 16.5. The number of rotatable bonds is 3. The maximum Gasteiger partial charge on any atom is 0.260 e. The molecule has 0 aliphatic carbocycles. The van der Waals surface area contributed by atoms with Crippen molar-refractivity contribution >= 4 is 88.5 Å². The van der Waals surface area contributed by atoms with Gasteiger partial charge in [0, 0.05) is 61.3 Å². The zero-order chi connectivity index (χ0) is 39.9. The summed E-state index contributed by atoms with van der Waals surface area (Å²) in [6.45, 7) is 2.17. The maximum absolute atomic E-state index is 6.92. The van der Waals surface area contributed by atoms with Crippen LogP contribution >= 0.6 is 0 Å². The van der Waals surface area contributed by atoms with E-state index in [9.17, 15) is 0 Å². The number of aromatic nitrogens is 3. The van der Waals surface area contributed by atoms with E-state index in [4.69, 9.17) is 9.47 Å². The fourth-order valence-corrected chi connectivity index (χ4v) is 10.8. The molecule has 0 bridgehead atoms. The van der Waals surface area contributed by atoms with Crippen molar-refractivity contribution in [2.24, 2.45) is 0 Å². The maximum atomic E-state index is 6.92. The Bertz CT molecular complexity index is 3780. The van der Waals surface area contributed by atoms with Crippen molar-refractivity contribution in [3.05, 3.63) is 194 Å². The van der Waals surface area contributed by atoms with Crippen LogP contribution in [0.1, 0.15) is 5.56 Å². The lowest BCUT2D eigenvalue weighted by atomic mass is 9.35. The fourth-order valence-electron chi connectivity index (χ4n) is 10.8. The van der Waals surface area contributed by atoms with E-state index in [-0.39, 0.29) is 6.71 Å². The number of para-hydroxylation sites is 6. The van der Waals surface area contributed by atoms with Crippen LogP contribution in [0.4, 0.5) is 0 Å². The molecular weight excluding hydrogens is 745 g/mol. The zero-order valence-corrected chi connectivity index (χ0v) is 33.1. The summed E-state index contributed by atoms with van der Waals surface area (Å²) in [5.74, 6) is 3.38. The summed E-state index contributed by atoms with van der Waals surface area (Å²) in [6, 6.07) is 67.8. The molecule has 0 saturated heterocycles. The van der Waals surface area contributed by atoms with Gasteiger partial charge in [-0.15, -0.1) is 0 Å². The standard InChI is InChI=1S/C55H34BN3O2/c1-33-16-15-19-35(30-33)58-43-26-11-6-21-38(43)49-53-50(37-20-5-10-25-42(37)57(53)34-17-3-2-4-18-34)55-51(54(49)58)39-22-7-12-27-44(39)59(55)36-31-47-52-48(32-36)61-46-29-14-9-24-41(46)56(52)40-23-8-13-28-45(40)60-47/h2-32H,1H3. The predicted molar refractivity (Wildman–Crippen MR) is 252 cm³/mol. The van der Waals surface area contributed by atoms with Crippen LogP contribution in [0.25, 0.3) is 82.5 Å². The second-order valence-electron chi connectivity index (χ2n) is 16.5. The van der Waals surface area contributed by atoms with Crippen LogP contribution in [0, 0.1) is 6.92 Å². The van der Waals surface area contributed by atoms with E-state index in [2.05, 4.69) is 209 Å². The van der Waals surface area contributed by atoms with E-state index >= 15 is 0 Å². The second kappa shape index (κ2) is 12.1. The Labute approximate surface area is 350 Å². The summed E-state index contributed by atoms with van der Waals surface area (Å²) >= 11 is 0. The molecule has 2 aliphatic rings. The van der Waals surface area contributed by atoms with Crippen molar-refractivity contribution < 1.29 is 9.47 Å². The van der Waals surface area contributed by atoms with E-state index < -0.39 is 0 Å². The minimum Gasteiger partial charge on any atom is -0.458 e.